The molecule has 1 aromatic heterocycles. The van der Waals surface area contributed by atoms with E-state index in [0.29, 0.717) is 23.7 Å². The maximum atomic E-state index is 9.16. The minimum absolute atomic E-state index is 0.102. The number of rotatable bonds is 7. The molecule has 3 unspecified atom stereocenters. The van der Waals surface area contributed by atoms with E-state index < -0.39 is 0 Å². The summed E-state index contributed by atoms with van der Waals surface area (Å²) in [6, 6.07) is 0. The molecular formula is C24H42N4O2. The van der Waals surface area contributed by atoms with Crippen LogP contribution >= 0.6 is 0 Å². The molecule has 1 aliphatic carbocycles. The molecule has 1 N–H and O–H groups in total. The largest absolute Gasteiger partial charge is 0.425 e. The van der Waals surface area contributed by atoms with Crippen LogP contribution in [0.15, 0.2) is 16.1 Å². The molecule has 0 spiro atoms. The number of hydrogen-bond acceptors (Lipinski definition) is 6. The summed E-state index contributed by atoms with van der Waals surface area (Å²) < 4.78 is 5.99. The lowest BCUT2D eigenvalue weighted by Gasteiger charge is -2.41. The van der Waals surface area contributed by atoms with E-state index in [1.807, 2.05) is 0 Å². The number of allylic oxidation sites excluding steroid dienone is 1. The van der Waals surface area contributed by atoms with Crippen molar-refractivity contribution in [2.45, 2.75) is 59.8 Å². The van der Waals surface area contributed by atoms with Crippen molar-refractivity contribution in [3.8, 4) is 0 Å². The Morgan fingerprint density at radius 2 is 1.80 bits per heavy atom. The van der Waals surface area contributed by atoms with E-state index in [4.69, 9.17) is 9.52 Å². The molecular weight excluding hydrogens is 376 g/mol. The molecule has 1 saturated heterocycles. The van der Waals surface area contributed by atoms with Gasteiger partial charge in [-0.1, -0.05) is 46.3 Å². The van der Waals surface area contributed by atoms with Gasteiger partial charge in [-0.05, 0) is 37.0 Å². The van der Waals surface area contributed by atoms with Crippen molar-refractivity contribution in [3.05, 3.63) is 23.4 Å². The van der Waals surface area contributed by atoms with E-state index in [1.54, 1.807) is 0 Å². The predicted octanol–water partition coefficient (Wildman–Crippen LogP) is 3.37. The van der Waals surface area contributed by atoms with Crippen LogP contribution in [0, 0.1) is 23.7 Å². The lowest BCUT2D eigenvalue weighted by Crippen LogP contribution is -2.49. The standard InChI is InChI=1S/C24H42N4O2/c1-17(2)21-14-19(15-22-25-26-23(30-22)24(4,5)6)18(3)13-20(21)16-28-9-7-27(8-10-28)11-12-29/h13,17,19-21,29H,7-12,14-16H2,1-6H3. The van der Waals surface area contributed by atoms with E-state index in [9.17, 15) is 0 Å². The molecule has 6 nitrogen and oxygen atoms in total. The minimum Gasteiger partial charge on any atom is -0.425 e. The van der Waals surface area contributed by atoms with Crippen LogP contribution in [0.3, 0.4) is 0 Å². The Bertz CT molecular complexity index is 698. The van der Waals surface area contributed by atoms with Gasteiger partial charge in [-0.3, -0.25) is 4.90 Å². The van der Waals surface area contributed by atoms with E-state index in [0.717, 1.165) is 57.5 Å². The Balaban J connectivity index is 1.64. The number of hydrogen-bond donors (Lipinski definition) is 1. The highest BCUT2D eigenvalue weighted by molar-refractivity contribution is 5.14. The molecule has 170 valence electrons. The summed E-state index contributed by atoms with van der Waals surface area (Å²) in [5, 5.41) is 17.8. The van der Waals surface area contributed by atoms with Gasteiger partial charge in [0.05, 0.1) is 6.61 Å². The normalized spacial score (nSPS) is 26.9. The van der Waals surface area contributed by atoms with Gasteiger partial charge < -0.3 is 14.4 Å². The van der Waals surface area contributed by atoms with Gasteiger partial charge in [0, 0.05) is 51.1 Å². The van der Waals surface area contributed by atoms with Gasteiger partial charge in [-0.25, -0.2) is 0 Å². The van der Waals surface area contributed by atoms with E-state index in [1.165, 1.54) is 12.0 Å². The topological polar surface area (TPSA) is 65.6 Å². The summed E-state index contributed by atoms with van der Waals surface area (Å²) >= 11 is 0. The maximum Gasteiger partial charge on any atom is 0.221 e. The SMILES string of the molecule is CC1=CC(CN2CCN(CCO)CC2)C(C(C)C)CC1Cc1nnc(C(C)(C)C)o1. The number of aliphatic hydroxyl groups excluding tert-OH is 1. The van der Waals surface area contributed by atoms with Crippen LogP contribution in [-0.2, 0) is 11.8 Å². The first-order valence-corrected chi connectivity index (χ1v) is 11.7. The average Bonchev–Trinajstić information content (AvgIpc) is 3.14. The Hall–Kier alpha value is -1.24. The average molecular weight is 419 g/mol. The molecule has 3 atom stereocenters. The number of nitrogens with zero attached hydrogens (tertiary/aromatic N) is 4. The summed E-state index contributed by atoms with van der Waals surface area (Å²) in [6.45, 7) is 19.9. The van der Waals surface area contributed by atoms with Crippen molar-refractivity contribution in [1.82, 2.24) is 20.0 Å². The molecule has 1 aliphatic heterocycles. The van der Waals surface area contributed by atoms with E-state index in [2.05, 4.69) is 67.6 Å². The van der Waals surface area contributed by atoms with Crippen LogP contribution in [0.5, 0.6) is 0 Å². The van der Waals surface area contributed by atoms with Gasteiger partial charge in [0.1, 0.15) is 0 Å². The first-order chi connectivity index (χ1) is 14.2. The molecule has 0 bridgehead atoms. The zero-order valence-corrected chi connectivity index (χ0v) is 19.9. The number of β-amino-alcohol motifs (C(OH)–C–C–N with tert-alkyl or cyclic N) is 1. The fraction of sp³-hybridized carbons (Fsp3) is 0.833. The van der Waals surface area contributed by atoms with Gasteiger partial charge in [-0.2, -0.15) is 0 Å². The molecule has 0 radical (unpaired) electrons. The Labute approximate surface area is 182 Å². The Morgan fingerprint density at radius 3 is 2.37 bits per heavy atom. The smallest absolute Gasteiger partial charge is 0.221 e. The number of piperazine rings is 1. The Kier molecular flexibility index (Phi) is 7.75. The predicted molar refractivity (Wildman–Crippen MR) is 120 cm³/mol. The molecule has 3 rings (SSSR count). The lowest BCUT2D eigenvalue weighted by molar-refractivity contribution is 0.0886. The van der Waals surface area contributed by atoms with Crippen LogP contribution in [0.2, 0.25) is 0 Å². The van der Waals surface area contributed by atoms with Crippen LogP contribution in [0.1, 0.15) is 59.7 Å². The molecule has 30 heavy (non-hydrogen) atoms. The number of aromatic nitrogens is 2. The zero-order chi connectivity index (χ0) is 21.9. The van der Waals surface area contributed by atoms with Crippen LogP contribution in [-0.4, -0.2) is 71.0 Å². The van der Waals surface area contributed by atoms with Crippen LogP contribution in [0.4, 0.5) is 0 Å². The molecule has 6 heteroatoms. The van der Waals surface area contributed by atoms with Crippen molar-refractivity contribution < 1.29 is 9.52 Å². The highest BCUT2D eigenvalue weighted by Gasteiger charge is 2.34. The van der Waals surface area contributed by atoms with Gasteiger partial charge in [-0.15, -0.1) is 10.2 Å². The van der Waals surface area contributed by atoms with E-state index in [-0.39, 0.29) is 12.0 Å². The quantitative estimate of drug-likeness (QED) is 0.685. The monoisotopic (exact) mass is 418 g/mol. The molecule has 0 aromatic carbocycles. The highest BCUT2D eigenvalue weighted by Crippen LogP contribution is 2.39. The van der Waals surface area contributed by atoms with E-state index >= 15 is 0 Å². The van der Waals surface area contributed by atoms with Crippen LogP contribution in [0.25, 0.3) is 0 Å². The van der Waals surface area contributed by atoms with Crippen molar-refractivity contribution >= 4 is 0 Å². The molecule has 0 saturated carbocycles. The first kappa shape index (κ1) is 23.4. The van der Waals surface area contributed by atoms with Crippen LogP contribution < -0.4 is 0 Å². The molecule has 1 aromatic rings. The second kappa shape index (κ2) is 9.92. The van der Waals surface area contributed by atoms with Gasteiger partial charge in [0.25, 0.3) is 0 Å². The summed E-state index contributed by atoms with van der Waals surface area (Å²) in [5.41, 5.74) is 1.38. The second-order valence-electron chi connectivity index (χ2n) is 10.7. The Morgan fingerprint density at radius 1 is 1.13 bits per heavy atom. The minimum atomic E-state index is -0.102. The molecule has 1 fully saturated rings. The second-order valence-corrected chi connectivity index (χ2v) is 10.7. The fourth-order valence-electron chi connectivity index (χ4n) is 4.97. The fourth-order valence-corrected chi connectivity index (χ4v) is 4.97. The lowest BCUT2D eigenvalue weighted by atomic mass is 9.69. The maximum absolute atomic E-state index is 9.16. The molecule has 2 aliphatic rings. The number of aliphatic hydroxyl groups is 1. The third-order valence-electron chi connectivity index (χ3n) is 6.96. The molecule has 0 amide bonds. The van der Waals surface area contributed by atoms with Crippen molar-refractivity contribution in [2.75, 3.05) is 45.9 Å². The van der Waals surface area contributed by atoms with Gasteiger partial charge in [0.15, 0.2) is 0 Å². The summed E-state index contributed by atoms with van der Waals surface area (Å²) in [5.74, 6) is 3.94. The highest BCUT2D eigenvalue weighted by atomic mass is 16.4. The third-order valence-corrected chi connectivity index (χ3v) is 6.96. The zero-order valence-electron chi connectivity index (χ0n) is 19.9. The summed E-state index contributed by atoms with van der Waals surface area (Å²) in [6.07, 6.45) is 4.59. The summed E-state index contributed by atoms with van der Waals surface area (Å²) in [7, 11) is 0. The van der Waals surface area contributed by atoms with Crippen molar-refractivity contribution in [1.29, 1.82) is 0 Å². The van der Waals surface area contributed by atoms with Gasteiger partial charge in [0.2, 0.25) is 11.8 Å². The molecule has 2 heterocycles. The van der Waals surface area contributed by atoms with Gasteiger partial charge >= 0.3 is 0 Å². The summed E-state index contributed by atoms with van der Waals surface area (Å²) in [4.78, 5) is 4.98. The third kappa shape index (κ3) is 5.92. The van der Waals surface area contributed by atoms with Crippen molar-refractivity contribution in [2.24, 2.45) is 23.7 Å². The first-order valence-electron chi connectivity index (χ1n) is 11.7. The van der Waals surface area contributed by atoms with Crippen molar-refractivity contribution in [3.63, 3.8) is 0 Å².